The van der Waals surface area contributed by atoms with Crippen molar-refractivity contribution >= 4 is 23.0 Å². The lowest BCUT2D eigenvalue weighted by Crippen LogP contribution is -2.44. The van der Waals surface area contributed by atoms with Crippen LogP contribution in [0.4, 0.5) is 5.69 Å². The van der Waals surface area contributed by atoms with E-state index in [1.807, 2.05) is 31.2 Å². The number of ether oxygens (including phenoxy) is 2. The molecule has 2 aromatic carbocycles. The molecule has 0 aromatic heterocycles. The SMILES string of the molecule is CCOc1ccc(NC(=S)N[C@H](CN2CCOCC2)c2ccc(C)cc2)cc1. The fourth-order valence-electron chi connectivity index (χ4n) is 3.20. The summed E-state index contributed by atoms with van der Waals surface area (Å²) < 4.78 is 11.0. The van der Waals surface area contributed by atoms with Gasteiger partial charge in [0.2, 0.25) is 0 Å². The van der Waals surface area contributed by atoms with Gasteiger partial charge in [-0.15, -0.1) is 0 Å². The summed E-state index contributed by atoms with van der Waals surface area (Å²) in [5.74, 6) is 0.858. The number of thiocarbonyl (C=S) groups is 1. The van der Waals surface area contributed by atoms with Crippen LogP contribution in [0.1, 0.15) is 24.1 Å². The molecule has 1 aliphatic rings. The Morgan fingerprint density at radius 3 is 2.43 bits per heavy atom. The van der Waals surface area contributed by atoms with Gasteiger partial charge in [-0.3, -0.25) is 4.90 Å². The van der Waals surface area contributed by atoms with Crippen molar-refractivity contribution in [3.8, 4) is 5.75 Å². The van der Waals surface area contributed by atoms with E-state index in [2.05, 4.69) is 46.7 Å². The van der Waals surface area contributed by atoms with Crippen molar-refractivity contribution in [1.82, 2.24) is 10.2 Å². The van der Waals surface area contributed by atoms with Gasteiger partial charge in [-0.25, -0.2) is 0 Å². The van der Waals surface area contributed by atoms with E-state index in [0.29, 0.717) is 11.7 Å². The number of hydrogen-bond donors (Lipinski definition) is 2. The van der Waals surface area contributed by atoms with Crippen LogP contribution in [0.2, 0.25) is 0 Å². The molecule has 5 nitrogen and oxygen atoms in total. The van der Waals surface area contributed by atoms with Crippen LogP contribution in [-0.4, -0.2) is 49.5 Å². The van der Waals surface area contributed by atoms with Crippen LogP contribution >= 0.6 is 12.2 Å². The molecule has 1 atom stereocenters. The molecular weight excluding hydrogens is 370 g/mol. The molecule has 0 radical (unpaired) electrons. The van der Waals surface area contributed by atoms with Crippen molar-refractivity contribution in [2.24, 2.45) is 0 Å². The zero-order chi connectivity index (χ0) is 19.8. The maximum Gasteiger partial charge on any atom is 0.171 e. The first kappa shape index (κ1) is 20.6. The second-order valence-corrected chi connectivity index (χ2v) is 7.34. The van der Waals surface area contributed by atoms with Gasteiger partial charge in [0.15, 0.2) is 5.11 Å². The molecule has 2 N–H and O–H groups in total. The Labute approximate surface area is 173 Å². The molecule has 6 heteroatoms. The summed E-state index contributed by atoms with van der Waals surface area (Å²) in [6.07, 6.45) is 0. The molecule has 1 fully saturated rings. The number of aryl methyl sites for hydroxylation is 1. The van der Waals surface area contributed by atoms with E-state index in [1.54, 1.807) is 0 Å². The average molecular weight is 400 g/mol. The van der Waals surface area contributed by atoms with Gasteiger partial charge < -0.3 is 20.1 Å². The zero-order valence-corrected chi connectivity index (χ0v) is 17.4. The molecule has 0 bridgehead atoms. The highest BCUT2D eigenvalue weighted by molar-refractivity contribution is 7.80. The molecule has 150 valence electrons. The van der Waals surface area contributed by atoms with Crippen molar-refractivity contribution in [1.29, 1.82) is 0 Å². The molecule has 0 unspecified atom stereocenters. The van der Waals surface area contributed by atoms with Crippen molar-refractivity contribution in [3.63, 3.8) is 0 Å². The first-order valence-corrected chi connectivity index (χ1v) is 10.2. The van der Waals surface area contributed by atoms with Crippen molar-refractivity contribution in [2.45, 2.75) is 19.9 Å². The van der Waals surface area contributed by atoms with Crippen LogP contribution in [0.15, 0.2) is 48.5 Å². The fourth-order valence-corrected chi connectivity index (χ4v) is 3.46. The number of rotatable bonds is 7. The van der Waals surface area contributed by atoms with Crippen LogP contribution in [0.3, 0.4) is 0 Å². The first-order chi connectivity index (χ1) is 13.6. The third-order valence-electron chi connectivity index (χ3n) is 4.75. The van der Waals surface area contributed by atoms with E-state index >= 15 is 0 Å². The Kier molecular flexibility index (Phi) is 7.65. The van der Waals surface area contributed by atoms with Gasteiger partial charge in [0, 0.05) is 25.3 Å². The van der Waals surface area contributed by atoms with E-state index < -0.39 is 0 Å². The zero-order valence-electron chi connectivity index (χ0n) is 16.6. The molecule has 0 spiro atoms. The Morgan fingerprint density at radius 2 is 1.79 bits per heavy atom. The van der Waals surface area contributed by atoms with Gasteiger partial charge in [-0.2, -0.15) is 0 Å². The maximum absolute atomic E-state index is 5.59. The van der Waals surface area contributed by atoms with Crippen LogP contribution in [0, 0.1) is 6.92 Å². The highest BCUT2D eigenvalue weighted by Crippen LogP contribution is 2.18. The Morgan fingerprint density at radius 1 is 1.11 bits per heavy atom. The quantitative estimate of drug-likeness (QED) is 0.692. The molecule has 3 rings (SSSR count). The van der Waals surface area contributed by atoms with E-state index in [1.165, 1.54) is 11.1 Å². The lowest BCUT2D eigenvalue weighted by molar-refractivity contribution is 0.0344. The van der Waals surface area contributed by atoms with Crippen LogP contribution in [-0.2, 0) is 4.74 Å². The summed E-state index contributed by atoms with van der Waals surface area (Å²) in [6.45, 7) is 9.10. The number of benzene rings is 2. The molecule has 28 heavy (non-hydrogen) atoms. The van der Waals surface area contributed by atoms with Gasteiger partial charge in [0.25, 0.3) is 0 Å². The molecule has 1 aliphatic heterocycles. The van der Waals surface area contributed by atoms with E-state index in [0.717, 1.165) is 44.3 Å². The van der Waals surface area contributed by atoms with Crippen LogP contribution in [0.25, 0.3) is 0 Å². The Hall–Kier alpha value is -2.15. The monoisotopic (exact) mass is 399 g/mol. The smallest absolute Gasteiger partial charge is 0.171 e. The Balaban J connectivity index is 1.65. The van der Waals surface area contributed by atoms with Gasteiger partial charge in [0.05, 0.1) is 25.9 Å². The minimum absolute atomic E-state index is 0.112. The summed E-state index contributed by atoms with van der Waals surface area (Å²) in [6, 6.07) is 16.6. The minimum Gasteiger partial charge on any atom is -0.494 e. The number of morpholine rings is 1. The molecule has 1 saturated heterocycles. The van der Waals surface area contributed by atoms with Gasteiger partial charge in [-0.05, 0) is 55.9 Å². The summed E-state index contributed by atoms with van der Waals surface area (Å²) >= 11 is 5.59. The lowest BCUT2D eigenvalue weighted by atomic mass is 10.0. The lowest BCUT2D eigenvalue weighted by Gasteiger charge is -2.31. The third kappa shape index (κ3) is 6.19. The third-order valence-corrected chi connectivity index (χ3v) is 4.97. The number of hydrogen-bond acceptors (Lipinski definition) is 4. The second kappa shape index (κ2) is 10.4. The predicted molar refractivity (Wildman–Crippen MR) is 118 cm³/mol. The van der Waals surface area contributed by atoms with Crippen LogP contribution < -0.4 is 15.4 Å². The van der Waals surface area contributed by atoms with E-state index in [4.69, 9.17) is 21.7 Å². The second-order valence-electron chi connectivity index (χ2n) is 6.93. The Bertz CT molecular complexity index is 743. The van der Waals surface area contributed by atoms with Gasteiger partial charge in [-0.1, -0.05) is 29.8 Å². The molecule has 0 aliphatic carbocycles. The number of nitrogens with zero attached hydrogens (tertiary/aromatic N) is 1. The van der Waals surface area contributed by atoms with E-state index in [-0.39, 0.29) is 6.04 Å². The average Bonchev–Trinajstić information content (AvgIpc) is 2.70. The maximum atomic E-state index is 5.59. The topological polar surface area (TPSA) is 45.8 Å². The molecule has 0 saturated carbocycles. The standard InChI is InChI=1S/C22H29N3O2S/c1-3-27-20-10-8-19(9-11-20)23-22(28)24-21(16-25-12-14-26-15-13-25)18-6-4-17(2)5-7-18/h4-11,21H,3,12-16H2,1-2H3,(H2,23,24,28)/t21-/m1/s1. The first-order valence-electron chi connectivity index (χ1n) is 9.81. The van der Waals surface area contributed by atoms with Crippen molar-refractivity contribution in [2.75, 3.05) is 44.8 Å². The number of anilines is 1. The summed E-state index contributed by atoms with van der Waals surface area (Å²) in [5.41, 5.74) is 3.42. The summed E-state index contributed by atoms with van der Waals surface area (Å²) in [5, 5.41) is 7.39. The molecule has 2 aromatic rings. The molecule has 1 heterocycles. The van der Waals surface area contributed by atoms with Gasteiger partial charge >= 0.3 is 0 Å². The van der Waals surface area contributed by atoms with E-state index in [9.17, 15) is 0 Å². The van der Waals surface area contributed by atoms with Gasteiger partial charge in [0.1, 0.15) is 5.75 Å². The van der Waals surface area contributed by atoms with Crippen LogP contribution in [0.5, 0.6) is 5.75 Å². The largest absolute Gasteiger partial charge is 0.494 e. The minimum atomic E-state index is 0.112. The summed E-state index contributed by atoms with van der Waals surface area (Å²) in [4.78, 5) is 2.42. The normalized spacial score (nSPS) is 15.6. The van der Waals surface area contributed by atoms with Crippen molar-refractivity contribution < 1.29 is 9.47 Å². The predicted octanol–water partition coefficient (Wildman–Crippen LogP) is 3.75. The fraction of sp³-hybridized carbons (Fsp3) is 0.409. The number of nitrogens with one attached hydrogen (secondary N) is 2. The summed E-state index contributed by atoms with van der Waals surface area (Å²) in [7, 11) is 0. The van der Waals surface area contributed by atoms with Crippen molar-refractivity contribution in [3.05, 3.63) is 59.7 Å². The molecule has 0 amide bonds. The highest BCUT2D eigenvalue weighted by atomic mass is 32.1. The molecular formula is C22H29N3O2S. The highest BCUT2D eigenvalue weighted by Gasteiger charge is 2.19.